The van der Waals surface area contributed by atoms with Crippen LogP contribution in [0.2, 0.25) is 0 Å². The van der Waals surface area contributed by atoms with Crippen molar-refractivity contribution in [2.75, 3.05) is 0 Å². The highest BCUT2D eigenvalue weighted by molar-refractivity contribution is 9.10. The first-order valence-electron chi connectivity index (χ1n) is 12.7. The van der Waals surface area contributed by atoms with Crippen molar-refractivity contribution in [3.63, 3.8) is 0 Å². The Labute approximate surface area is 227 Å². The summed E-state index contributed by atoms with van der Waals surface area (Å²) in [6.45, 7) is 14.0. The SMILES string of the molecule is CC[C@@](C)(NC(=O)c1ccc(Br)cc1)C(=O)N[C@@](C)(CC)C(=O)N[C@](C)(CC)C1=N[C@@](C)(CC)C(=O)O1. The smallest absolute Gasteiger partial charge is 0.340 e. The standard InChI is InChI=1S/C27H39BrN4O5/c1-9-24(5,29-19(33)17-13-15-18(28)16-14-17)20(34)30-25(6,10-2)21(35)31-26(7,11-3)22-32-27(8,12-4)23(36)37-22/h13-16H,9-12H2,1-8H3,(H,29,33)(H,30,34)(H,31,35)/t24-,25+,26-,27+/m1/s1. The maximum Gasteiger partial charge on any atom is 0.340 e. The lowest BCUT2D eigenvalue weighted by Gasteiger charge is -2.37. The highest BCUT2D eigenvalue weighted by Crippen LogP contribution is 2.29. The van der Waals surface area contributed by atoms with E-state index in [1.807, 2.05) is 13.8 Å². The molecule has 1 aromatic rings. The minimum Gasteiger partial charge on any atom is -0.407 e. The molecule has 3 amide bonds. The van der Waals surface area contributed by atoms with Crippen LogP contribution in [0.4, 0.5) is 0 Å². The second-order valence-corrected chi connectivity index (χ2v) is 11.3. The molecule has 0 unspecified atom stereocenters. The number of aliphatic imine (C=N–C) groups is 1. The minimum atomic E-state index is -1.30. The number of hydrogen-bond acceptors (Lipinski definition) is 6. The summed E-state index contributed by atoms with van der Waals surface area (Å²) in [5.74, 6) is -1.63. The topological polar surface area (TPSA) is 126 Å². The number of benzene rings is 1. The van der Waals surface area contributed by atoms with Crippen LogP contribution in [0.3, 0.4) is 0 Å². The summed E-state index contributed by atoms with van der Waals surface area (Å²) in [7, 11) is 0. The van der Waals surface area contributed by atoms with Gasteiger partial charge in [-0.1, -0.05) is 43.6 Å². The molecule has 0 radical (unpaired) electrons. The fourth-order valence-electron chi connectivity index (χ4n) is 3.56. The van der Waals surface area contributed by atoms with Gasteiger partial charge in [0.1, 0.15) is 16.6 Å². The molecule has 4 atom stereocenters. The number of rotatable bonds is 11. The number of ether oxygens (including phenoxy) is 1. The molecule has 37 heavy (non-hydrogen) atoms. The minimum absolute atomic E-state index is 0.155. The Morgan fingerprint density at radius 2 is 1.41 bits per heavy atom. The number of hydrogen-bond donors (Lipinski definition) is 3. The Morgan fingerprint density at radius 1 is 0.892 bits per heavy atom. The summed E-state index contributed by atoms with van der Waals surface area (Å²) >= 11 is 3.34. The lowest BCUT2D eigenvalue weighted by molar-refractivity contribution is -0.139. The molecule has 10 heteroatoms. The lowest BCUT2D eigenvalue weighted by Crippen LogP contribution is -2.67. The van der Waals surface area contributed by atoms with Gasteiger partial charge < -0.3 is 20.7 Å². The van der Waals surface area contributed by atoms with Crippen molar-refractivity contribution >= 4 is 45.5 Å². The van der Waals surface area contributed by atoms with Crippen molar-refractivity contribution in [3.05, 3.63) is 34.3 Å². The van der Waals surface area contributed by atoms with E-state index in [9.17, 15) is 19.2 Å². The van der Waals surface area contributed by atoms with E-state index in [1.54, 1.807) is 65.8 Å². The average molecular weight is 580 g/mol. The fraction of sp³-hybridized carbons (Fsp3) is 0.593. The molecule has 0 fully saturated rings. The van der Waals surface area contributed by atoms with Gasteiger partial charge in [0.25, 0.3) is 5.91 Å². The van der Waals surface area contributed by atoms with E-state index >= 15 is 0 Å². The molecule has 2 rings (SSSR count). The van der Waals surface area contributed by atoms with Crippen molar-refractivity contribution in [1.82, 2.24) is 16.0 Å². The Bertz CT molecular complexity index is 1090. The number of halogens is 1. The fourth-order valence-corrected chi connectivity index (χ4v) is 3.82. The molecule has 1 heterocycles. The van der Waals surface area contributed by atoms with Crippen LogP contribution in [0.5, 0.6) is 0 Å². The molecule has 0 bridgehead atoms. The molecular formula is C27H39BrN4O5. The maximum atomic E-state index is 13.6. The molecule has 0 spiro atoms. The van der Waals surface area contributed by atoms with Crippen LogP contribution in [-0.2, 0) is 19.1 Å². The van der Waals surface area contributed by atoms with Crippen LogP contribution in [-0.4, -0.2) is 51.7 Å². The molecule has 1 aromatic carbocycles. The number of carbonyl (C=O) groups excluding carboxylic acids is 4. The molecule has 0 aromatic heterocycles. The third-order valence-corrected chi connectivity index (χ3v) is 8.06. The van der Waals surface area contributed by atoms with E-state index in [2.05, 4.69) is 36.9 Å². The number of esters is 1. The second kappa shape index (κ2) is 11.3. The zero-order valence-electron chi connectivity index (χ0n) is 23.0. The summed E-state index contributed by atoms with van der Waals surface area (Å²) in [4.78, 5) is 56.7. The molecule has 1 aliphatic rings. The summed E-state index contributed by atoms with van der Waals surface area (Å²) in [6.07, 6.45) is 1.46. The quantitative estimate of drug-likeness (QED) is 0.341. The lowest BCUT2D eigenvalue weighted by atomic mass is 9.90. The molecule has 1 aliphatic heterocycles. The van der Waals surface area contributed by atoms with E-state index in [0.717, 1.165) is 4.47 Å². The Balaban J connectivity index is 2.23. The molecule has 9 nitrogen and oxygen atoms in total. The largest absolute Gasteiger partial charge is 0.407 e. The molecule has 0 saturated heterocycles. The normalized spacial score (nSPS) is 22.0. The van der Waals surface area contributed by atoms with Crippen LogP contribution in [0.15, 0.2) is 33.7 Å². The van der Waals surface area contributed by atoms with Crippen molar-refractivity contribution in [2.24, 2.45) is 4.99 Å². The summed E-state index contributed by atoms with van der Waals surface area (Å²) < 4.78 is 6.31. The van der Waals surface area contributed by atoms with Gasteiger partial charge in [-0.15, -0.1) is 0 Å². The summed E-state index contributed by atoms with van der Waals surface area (Å²) in [5.41, 5.74) is -4.19. The number of cyclic esters (lactones) is 1. The first-order chi connectivity index (χ1) is 17.1. The third-order valence-electron chi connectivity index (χ3n) is 7.54. The van der Waals surface area contributed by atoms with E-state index in [-0.39, 0.29) is 12.3 Å². The number of amides is 3. The second-order valence-electron chi connectivity index (χ2n) is 10.4. The van der Waals surface area contributed by atoms with Crippen LogP contribution in [0, 0.1) is 0 Å². The predicted octanol–water partition coefficient (Wildman–Crippen LogP) is 4.04. The Hall–Kier alpha value is -2.75. The van der Waals surface area contributed by atoms with Gasteiger partial charge in [0.05, 0.1) is 0 Å². The number of nitrogens with one attached hydrogen (secondary N) is 3. The van der Waals surface area contributed by atoms with Gasteiger partial charge in [-0.3, -0.25) is 14.4 Å². The van der Waals surface area contributed by atoms with E-state index in [1.165, 1.54) is 0 Å². The van der Waals surface area contributed by atoms with Crippen molar-refractivity contribution in [1.29, 1.82) is 0 Å². The Kier molecular flexibility index (Phi) is 9.33. The highest BCUT2D eigenvalue weighted by Gasteiger charge is 2.48. The van der Waals surface area contributed by atoms with Gasteiger partial charge in [-0.2, -0.15) is 0 Å². The zero-order chi connectivity index (χ0) is 28.2. The van der Waals surface area contributed by atoms with Crippen molar-refractivity contribution in [3.8, 4) is 0 Å². The van der Waals surface area contributed by atoms with Crippen LogP contribution in [0.25, 0.3) is 0 Å². The number of nitrogens with zero attached hydrogens (tertiary/aromatic N) is 1. The van der Waals surface area contributed by atoms with Crippen molar-refractivity contribution < 1.29 is 23.9 Å². The van der Waals surface area contributed by atoms with E-state index in [0.29, 0.717) is 24.8 Å². The van der Waals surface area contributed by atoms with E-state index in [4.69, 9.17) is 4.74 Å². The van der Waals surface area contributed by atoms with Crippen LogP contribution < -0.4 is 16.0 Å². The van der Waals surface area contributed by atoms with Gasteiger partial charge in [0.15, 0.2) is 5.54 Å². The van der Waals surface area contributed by atoms with Crippen LogP contribution in [0.1, 0.15) is 91.4 Å². The molecule has 0 aliphatic carbocycles. The predicted molar refractivity (Wildman–Crippen MR) is 146 cm³/mol. The Morgan fingerprint density at radius 3 is 1.86 bits per heavy atom. The van der Waals surface area contributed by atoms with E-state index < -0.39 is 45.8 Å². The number of carbonyl (C=O) groups is 4. The first kappa shape index (κ1) is 30.5. The molecule has 204 valence electrons. The van der Waals surface area contributed by atoms with Gasteiger partial charge >= 0.3 is 5.97 Å². The summed E-state index contributed by atoms with van der Waals surface area (Å²) in [6, 6.07) is 6.81. The maximum absolute atomic E-state index is 13.6. The van der Waals surface area contributed by atoms with Crippen molar-refractivity contribution in [2.45, 2.75) is 103 Å². The van der Waals surface area contributed by atoms with Gasteiger partial charge in [-0.05, 0) is 77.6 Å². The molecule has 3 N–H and O–H groups in total. The van der Waals surface area contributed by atoms with Gasteiger partial charge in [0.2, 0.25) is 17.7 Å². The highest BCUT2D eigenvalue weighted by atomic mass is 79.9. The van der Waals surface area contributed by atoms with Gasteiger partial charge in [0, 0.05) is 10.0 Å². The monoisotopic (exact) mass is 578 g/mol. The first-order valence-corrected chi connectivity index (χ1v) is 13.5. The van der Waals surface area contributed by atoms with Crippen LogP contribution >= 0.6 is 15.9 Å². The molecule has 0 saturated carbocycles. The summed E-state index contributed by atoms with van der Waals surface area (Å²) in [5, 5.41) is 8.62. The third kappa shape index (κ3) is 6.40. The average Bonchev–Trinajstić information content (AvgIpc) is 3.19. The molecular weight excluding hydrogens is 540 g/mol. The van der Waals surface area contributed by atoms with Gasteiger partial charge in [-0.25, -0.2) is 9.79 Å². The zero-order valence-corrected chi connectivity index (χ0v) is 24.6.